The van der Waals surface area contributed by atoms with E-state index in [9.17, 15) is 0 Å². The number of halogens is 2. The van der Waals surface area contributed by atoms with Crippen LogP contribution in [0.5, 0.6) is 0 Å². The molecular formula is C63H60Br2N2+2. The summed E-state index contributed by atoms with van der Waals surface area (Å²) in [6.45, 7) is 19.6. The molecule has 4 heterocycles. The van der Waals surface area contributed by atoms with Crippen molar-refractivity contribution in [2.75, 3.05) is 0 Å². The molecule has 0 amide bonds. The number of aromatic nitrogens is 2. The number of nitrogens with zero attached hydrogens (tertiary/aromatic N) is 2. The number of benzene rings is 6. The van der Waals surface area contributed by atoms with E-state index >= 15 is 0 Å². The van der Waals surface area contributed by atoms with E-state index < -0.39 is 0 Å². The second-order valence-corrected chi connectivity index (χ2v) is 23.4. The number of rotatable bonds is 7. The molecule has 334 valence electrons. The Kier molecular flexibility index (Phi) is 10.6. The van der Waals surface area contributed by atoms with Crippen LogP contribution in [0.15, 0.2) is 179 Å². The summed E-state index contributed by atoms with van der Waals surface area (Å²) < 4.78 is 7.40. The molecule has 0 N–H and O–H groups in total. The minimum atomic E-state index is -0.0685. The Morgan fingerprint density at radius 3 is 1.57 bits per heavy atom. The normalized spacial score (nSPS) is 20.3. The molecule has 1 aliphatic carbocycles. The molecule has 0 bridgehead atoms. The van der Waals surface area contributed by atoms with Crippen LogP contribution in [0, 0.1) is 5.92 Å². The first kappa shape index (κ1) is 44.1. The van der Waals surface area contributed by atoms with Crippen molar-refractivity contribution in [3.63, 3.8) is 0 Å². The highest BCUT2D eigenvalue weighted by molar-refractivity contribution is 9.11. The van der Waals surface area contributed by atoms with Crippen LogP contribution in [-0.4, -0.2) is 0 Å². The quantitative estimate of drug-likeness (QED) is 0.141. The fraction of sp³-hybridized carbons (Fsp3) is 0.270. The lowest BCUT2D eigenvalue weighted by Crippen LogP contribution is -2.55. The average molecular weight is 1000 g/mol. The van der Waals surface area contributed by atoms with Gasteiger partial charge < -0.3 is 0 Å². The summed E-state index contributed by atoms with van der Waals surface area (Å²) in [6, 6.07) is 60.7. The SMILES string of the molecule is CCC12c3ccc(-c4cc(-c5ccc(C(C)(C)C)cc5)cc(-c5ccc(C(C)(C)C)cc5)c4)cc3-c3cccc[n+]3C1(CC)C2C1C[n+]2ccccc2-c2cc(-c3cc(Br)cc(Br)c3)ccc21. The molecule has 4 unspecified atom stereocenters. The zero-order valence-electron chi connectivity index (χ0n) is 40.1. The molecule has 0 spiro atoms. The highest BCUT2D eigenvalue weighted by Gasteiger charge is 2.86. The van der Waals surface area contributed by atoms with Gasteiger partial charge in [0.25, 0.3) is 0 Å². The first-order valence-electron chi connectivity index (χ1n) is 24.3. The van der Waals surface area contributed by atoms with E-state index in [-0.39, 0.29) is 21.8 Å². The van der Waals surface area contributed by atoms with E-state index in [1.54, 1.807) is 0 Å². The highest BCUT2D eigenvalue weighted by atomic mass is 79.9. The van der Waals surface area contributed by atoms with Crippen molar-refractivity contribution >= 4 is 31.9 Å². The van der Waals surface area contributed by atoms with Crippen LogP contribution in [0.25, 0.3) is 67.0 Å². The van der Waals surface area contributed by atoms with Gasteiger partial charge in [-0.1, -0.05) is 160 Å². The molecule has 11 rings (SSSR count). The second kappa shape index (κ2) is 16.1. The van der Waals surface area contributed by atoms with Crippen LogP contribution in [0.1, 0.15) is 96.4 Å². The third kappa shape index (κ3) is 7.06. The van der Waals surface area contributed by atoms with E-state index in [1.807, 2.05) is 0 Å². The Morgan fingerprint density at radius 1 is 0.493 bits per heavy atom. The summed E-state index contributed by atoms with van der Waals surface area (Å²) in [4.78, 5) is 0. The average Bonchev–Trinajstić information content (AvgIpc) is 3.97. The van der Waals surface area contributed by atoms with E-state index in [1.165, 1.54) is 89.3 Å². The Bertz CT molecular complexity index is 3150. The largest absolute Gasteiger partial charge is 0.213 e. The second-order valence-electron chi connectivity index (χ2n) is 21.6. The number of pyridine rings is 2. The maximum absolute atomic E-state index is 3.76. The Balaban J connectivity index is 1.06. The third-order valence-corrected chi connectivity index (χ3v) is 16.9. The summed E-state index contributed by atoms with van der Waals surface area (Å²) >= 11 is 7.52. The summed E-state index contributed by atoms with van der Waals surface area (Å²) in [5.74, 6) is 0.707. The van der Waals surface area contributed by atoms with Crippen molar-refractivity contribution in [1.29, 1.82) is 0 Å². The Labute approximate surface area is 415 Å². The van der Waals surface area contributed by atoms with Crippen molar-refractivity contribution in [2.24, 2.45) is 5.92 Å². The predicted octanol–water partition coefficient (Wildman–Crippen LogP) is 16.6. The van der Waals surface area contributed by atoms with E-state index in [0.29, 0.717) is 11.8 Å². The first-order valence-corrected chi connectivity index (χ1v) is 25.9. The van der Waals surface area contributed by atoms with Crippen LogP contribution < -0.4 is 9.13 Å². The van der Waals surface area contributed by atoms with Gasteiger partial charge in [0.1, 0.15) is 0 Å². The van der Waals surface area contributed by atoms with Gasteiger partial charge in [-0.15, -0.1) is 0 Å². The number of hydrogen-bond acceptors (Lipinski definition) is 0. The van der Waals surface area contributed by atoms with Crippen molar-refractivity contribution in [1.82, 2.24) is 0 Å². The van der Waals surface area contributed by atoms with Crippen LogP contribution in [0.3, 0.4) is 0 Å². The van der Waals surface area contributed by atoms with Gasteiger partial charge in [0.15, 0.2) is 24.5 Å². The van der Waals surface area contributed by atoms with E-state index in [0.717, 1.165) is 28.3 Å². The molecule has 1 fully saturated rings. The van der Waals surface area contributed by atoms with Crippen LogP contribution in [-0.2, 0) is 28.3 Å². The summed E-state index contributed by atoms with van der Waals surface area (Å²) in [7, 11) is 0. The van der Waals surface area contributed by atoms with Crippen LogP contribution in [0.4, 0.5) is 0 Å². The van der Waals surface area contributed by atoms with Gasteiger partial charge >= 0.3 is 0 Å². The van der Waals surface area contributed by atoms with Crippen LogP contribution in [0.2, 0.25) is 0 Å². The van der Waals surface area contributed by atoms with Gasteiger partial charge in [0, 0.05) is 39.6 Å². The molecular weight excluding hydrogens is 945 g/mol. The predicted molar refractivity (Wildman–Crippen MR) is 285 cm³/mol. The smallest absolute Gasteiger partial charge is 0.198 e. The molecule has 2 aromatic heterocycles. The van der Waals surface area contributed by atoms with Crippen molar-refractivity contribution < 1.29 is 9.13 Å². The highest BCUT2D eigenvalue weighted by Crippen LogP contribution is 2.76. The molecule has 0 saturated heterocycles. The molecule has 4 heteroatoms. The molecule has 1 saturated carbocycles. The molecule has 4 atom stereocenters. The van der Waals surface area contributed by atoms with Crippen LogP contribution >= 0.6 is 31.9 Å². The minimum Gasteiger partial charge on any atom is -0.198 e. The Morgan fingerprint density at radius 2 is 1.00 bits per heavy atom. The molecule has 3 aliphatic rings. The molecule has 2 aliphatic heterocycles. The van der Waals surface area contributed by atoms with Gasteiger partial charge in [-0.05, 0) is 145 Å². The van der Waals surface area contributed by atoms with Crippen molar-refractivity contribution in [3.05, 3.63) is 201 Å². The zero-order chi connectivity index (χ0) is 46.6. The van der Waals surface area contributed by atoms with Gasteiger partial charge in [0.05, 0.1) is 28.4 Å². The summed E-state index contributed by atoms with van der Waals surface area (Å²) in [5, 5.41) is 0. The molecule has 0 radical (unpaired) electrons. The lowest BCUT2D eigenvalue weighted by atomic mass is 9.76. The fourth-order valence-corrected chi connectivity index (χ4v) is 14.0. The maximum atomic E-state index is 3.76. The first-order chi connectivity index (χ1) is 32.1. The Hall–Kier alpha value is -5.42. The maximum Gasteiger partial charge on any atom is 0.213 e. The minimum absolute atomic E-state index is 0.0478. The van der Waals surface area contributed by atoms with Gasteiger partial charge in [-0.25, -0.2) is 0 Å². The number of fused-ring (bicyclic) bond motifs is 9. The zero-order valence-corrected chi connectivity index (χ0v) is 43.3. The summed E-state index contributed by atoms with van der Waals surface area (Å²) in [5.41, 5.74) is 20.9. The van der Waals surface area contributed by atoms with Gasteiger partial charge in [0.2, 0.25) is 11.4 Å². The fourth-order valence-electron chi connectivity index (χ4n) is 12.7. The molecule has 6 aromatic carbocycles. The monoisotopic (exact) mass is 1000 g/mol. The molecule has 8 aromatic rings. The lowest BCUT2D eigenvalue weighted by molar-refractivity contribution is -0.740. The number of hydrogen-bond donors (Lipinski definition) is 0. The summed E-state index contributed by atoms with van der Waals surface area (Å²) in [6.07, 6.45) is 6.83. The van der Waals surface area contributed by atoms with Crippen molar-refractivity contribution in [2.45, 2.75) is 102 Å². The molecule has 2 nitrogen and oxygen atoms in total. The topological polar surface area (TPSA) is 7.76 Å². The molecule has 67 heavy (non-hydrogen) atoms. The van der Waals surface area contributed by atoms with Gasteiger partial charge in [-0.3, -0.25) is 0 Å². The standard InChI is InChI=1S/C63H60Br2N2/c1-9-62-56-28-22-43(46-32-44(40-17-23-48(24-18-40)60(3,4)5)31-45(33-46)41-19-25-49(26-20-41)61(6,7)8)37-54(56)58-16-12-14-30-67(58)63(62,10-2)59(62)55-39-66-29-13-11-15-57(66)53-36-42(21-27-52(53)55)47-34-50(64)38-51(65)35-47/h11-38,55,59H,9-10,39H2,1-8H3/q+2. The van der Waals surface area contributed by atoms with Crippen molar-refractivity contribution in [3.8, 4) is 67.0 Å². The van der Waals surface area contributed by atoms with E-state index in [2.05, 4.69) is 267 Å². The third-order valence-electron chi connectivity index (χ3n) is 16.0. The van der Waals surface area contributed by atoms with E-state index in [4.69, 9.17) is 0 Å². The van der Waals surface area contributed by atoms with Gasteiger partial charge in [-0.2, -0.15) is 9.13 Å². The lowest BCUT2D eigenvalue weighted by Gasteiger charge is -2.29.